The quantitative estimate of drug-likeness (QED) is 0.298. The Morgan fingerprint density at radius 3 is 2.43 bits per heavy atom. The van der Waals surface area contributed by atoms with Crippen molar-refractivity contribution in [2.75, 3.05) is 17.7 Å². The Morgan fingerprint density at radius 2 is 1.71 bits per heavy atom. The van der Waals surface area contributed by atoms with Gasteiger partial charge in [-0.15, -0.1) is 10.2 Å². The van der Waals surface area contributed by atoms with Crippen LogP contribution in [0.4, 0.5) is 10.1 Å². The number of aromatic nitrogens is 3. The number of thioether (sulfide) groups is 1. The van der Waals surface area contributed by atoms with Gasteiger partial charge in [0.1, 0.15) is 23.9 Å². The summed E-state index contributed by atoms with van der Waals surface area (Å²) < 4.78 is 26.7. The van der Waals surface area contributed by atoms with E-state index in [1.165, 1.54) is 23.9 Å². The van der Waals surface area contributed by atoms with E-state index in [0.29, 0.717) is 23.3 Å². The lowest BCUT2D eigenvalue weighted by Crippen LogP contribution is -2.15. The van der Waals surface area contributed by atoms with Crippen molar-refractivity contribution >= 4 is 23.4 Å². The molecular weight excluding hydrogens is 467 g/mol. The lowest BCUT2D eigenvalue weighted by atomic mass is 10.2. The standard InChI is InChI=1S/C26H25FN4O3S/c1-3-33-22-13-9-21(10-14-22)31-24(16-34-23-11-7-18(2)8-12-23)29-30-26(31)35-17-25(32)28-20-6-4-5-19(27)15-20/h4-15H,3,16-17H2,1-2H3,(H,28,32). The van der Waals surface area contributed by atoms with Gasteiger partial charge < -0.3 is 14.8 Å². The smallest absolute Gasteiger partial charge is 0.234 e. The van der Waals surface area contributed by atoms with Crippen molar-refractivity contribution in [2.24, 2.45) is 0 Å². The van der Waals surface area contributed by atoms with E-state index in [-0.39, 0.29) is 18.3 Å². The number of rotatable bonds is 10. The monoisotopic (exact) mass is 492 g/mol. The first kappa shape index (κ1) is 24.3. The number of nitrogens with zero attached hydrogens (tertiary/aromatic N) is 3. The Labute approximate surface area is 207 Å². The number of aryl methyl sites for hydroxylation is 1. The largest absolute Gasteiger partial charge is 0.494 e. The van der Waals surface area contributed by atoms with Crippen molar-refractivity contribution in [3.63, 3.8) is 0 Å². The summed E-state index contributed by atoms with van der Waals surface area (Å²) >= 11 is 1.23. The van der Waals surface area contributed by atoms with Gasteiger partial charge in [-0.25, -0.2) is 4.39 Å². The van der Waals surface area contributed by atoms with E-state index >= 15 is 0 Å². The normalized spacial score (nSPS) is 10.7. The fourth-order valence-electron chi connectivity index (χ4n) is 3.28. The first-order chi connectivity index (χ1) is 17.0. The van der Waals surface area contributed by atoms with Gasteiger partial charge in [-0.3, -0.25) is 9.36 Å². The van der Waals surface area contributed by atoms with Crippen LogP contribution in [0, 0.1) is 12.7 Å². The first-order valence-corrected chi connectivity index (χ1v) is 12.1. The molecule has 0 bridgehead atoms. The maximum absolute atomic E-state index is 13.4. The Balaban J connectivity index is 1.52. The average Bonchev–Trinajstić information content (AvgIpc) is 3.26. The molecule has 35 heavy (non-hydrogen) atoms. The highest BCUT2D eigenvalue weighted by Gasteiger charge is 2.17. The molecule has 0 radical (unpaired) electrons. The van der Waals surface area contributed by atoms with Crippen LogP contribution < -0.4 is 14.8 Å². The second-order valence-electron chi connectivity index (χ2n) is 7.61. The predicted octanol–water partition coefficient (Wildman–Crippen LogP) is 5.42. The molecule has 0 aliphatic carbocycles. The summed E-state index contributed by atoms with van der Waals surface area (Å²) in [4.78, 5) is 12.5. The fraction of sp³-hybridized carbons (Fsp3) is 0.192. The Bertz CT molecular complexity index is 1280. The van der Waals surface area contributed by atoms with Gasteiger partial charge in [-0.2, -0.15) is 0 Å². The molecule has 0 fully saturated rings. The third kappa shape index (κ3) is 6.60. The zero-order valence-electron chi connectivity index (χ0n) is 19.4. The lowest BCUT2D eigenvalue weighted by Gasteiger charge is -2.12. The number of benzene rings is 3. The summed E-state index contributed by atoms with van der Waals surface area (Å²) in [6.07, 6.45) is 0. The molecule has 0 saturated heterocycles. The van der Waals surface area contributed by atoms with Crippen molar-refractivity contribution in [1.82, 2.24) is 14.8 Å². The molecule has 0 aliphatic heterocycles. The maximum Gasteiger partial charge on any atom is 0.234 e. The summed E-state index contributed by atoms with van der Waals surface area (Å²) in [6, 6.07) is 21.1. The number of ether oxygens (including phenoxy) is 2. The number of halogens is 1. The summed E-state index contributed by atoms with van der Waals surface area (Å²) in [5.74, 6) is 1.45. The Hall–Kier alpha value is -3.85. The van der Waals surface area contributed by atoms with Crippen LogP contribution in [-0.4, -0.2) is 33.0 Å². The van der Waals surface area contributed by atoms with Crippen LogP contribution in [0.2, 0.25) is 0 Å². The van der Waals surface area contributed by atoms with Crippen LogP contribution >= 0.6 is 11.8 Å². The Kier molecular flexibility index (Phi) is 7.99. The summed E-state index contributed by atoms with van der Waals surface area (Å²) in [7, 11) is 0. The minimum absolute atomic E-state index is 0.0739. The molecule has 3 aromatic carbocycles. The van der Waals surface area contributed by atoms with Gasteiger partial charge in [-0.05, 0) is 68.4 Å². The van der Waals surface area contributed by atoms with Crippen LogP contribution in [0.15, 0.2) is 78.0 Å². The summed E-state index contributed by atoms with van der Waals surface area (Å²) in [6.45, 7) is 4.71. The van der Waals surface area contributed by atoms with Crippen molar-refractivity contribution in [2.45, 2.75) is 25.6 Å². The SMILES string of the molecule is CCOc1ccc(-n2c(COc3ccc(C)cc3)nnc2SCC(=O)Nc2cccc(F)c2)cc1. The topological polar surface area (TPSA) is 78.3 Å². The molecule has 4 aromatic rings. The summed E-state index contributed by atoms with van der Waals surface area (Å²) in [5.41, 5.74) is 2.36. The second-order valence-corrected chi connectivity index (χ2v) is 8.55. The van der Waals surface area contributed by atoms with Gasteiger partial charge in [0.05, 0.1) is 12.4 Å². The van der Waals surface area contributed by atoms with E-state index < -0.39 is 5.82 Å². The number of nitrogens with one attached hydrogen (secondary N) is 1. The molecule has 0 saturated carbocycles. The molecule has 0 atom stereocenters. The highest BCUT2D eigenvalue weighted by molar-refractivity contribution is 7.99. The molecule has 180 valence electrons. The average molecular weight is 493 g/mol. The lowest BCUT2D eigenvalue weighted by molar-refractivity contribution is -0.113. The van der Waals surface area contributed by atoms with E-state index in [1.807, 2.05) is 66.9 Å². The fourth-order valence-corrected chi connectivity index (χ4v) is 4.05. The minimum atomic E-state index is -0.413. The zero-order valence-corrected chi connectivity index (χ0v) is 20.2. The molecule has 0 unspecified atom stereocenters. The van der Waals surface area contributed by atoms with E-state index in [2.05, 4.69) is 15.5 Å². The first-order valence-electron chi connectivity index (χ1n) is 11.1. The molecule has 0 aliphatic rings. The third-order valence-electron chi connectivity index (χ3n) is 4.94. The van der Waals surface area contributed by atoms with Crippen molar-refractivity contribution in [3.05, 3.63) is 90.0 Å². The predicted molar refractivity (Wildman–Crippen MR) is 134 cm³/mol. The molecular formula is C26H25FN4O3S. The number of hydrogen-bond acceptors (Lipinski definition) is 6. The van der Waals surface area contributed by atoms with Crippen LogP contribution in [0.5, 0.6) is 11.5 Å². The van der Waals surface area contributed by atoms with Gasteiger partial charge in [0.25, 0.3) is 0 Å². The molecule has 1 heterocycles. The maximum atomic E-state index is 13.4. The van der Waals surface area contributed by atoms with Crippen molar-refractivity contribution < 1.29 is 18.7 Å². The van der Waals surface area contributed by atoms with Gasteiger partial charge in [0.15, 0.2) is 11.0 Å². The number of amides is 1. The van der Waals surface area contributed by atoms with Crippen LogP contribution in [0.25, 0.3) is 5.69 Å². The van der Waals surface area contributed by atoms with Crippen molar-refractivity contribution in [1.29, 1.82) is 0 Å². The number of hydrogen-bond donors (Lipinski definition) is 1. The van der Waals surface area contributed by atoms with Crippen LogP contribution in [-0.2, 0) is 11.4 Å². The van der Waals surface area contributed by atoms with Crippen LogP contribution in [0.1, 0.15) is 18.3 Å². The number of carbonyl (C=O) groups is 1. The highest BCUT2D eigenvalue weighted by Crippen LogP contribution is 2.25. The van der Waals surface area contributed by atoms with Gasteiger partial charge in [0.2, 0.25) is 5.91 Å². The number of carbonyl (C=O) groups excluding carboxylic acids is 1. The van der Waals surface area contributed by atoms with E-state index in [9.17, 15) is 9.18 Å². The minimum Gasteiger partial charge on any atom is -0.494 e. The second kappa shape index (κ2) is 11.5. The van der Waals surface area contributed by atoms with E-state index in [4.69, 9.17) is 9.47 Å². The molecule has 7 nitrogen and oxygen atoms in total. The molecule has 9 heteroatoms. The zero-order chi connectivity index (χ0) is 24.6. The van der Waals surface area contributed by atoms with Crippen molar-refractivity contribution in [3.8, 4) is 17.2 Å². The molecule has 1 N–H and O–H groups in total. The summed E-state index contributed by atoms with van der Waals surface area (Å²) in [5, 5.41) is 11.8. The third-order valence-corrected chi connectivity index (χ3v) is 5.86. The molecule has 1 amide bonds. The molecule has 1 aromatic heterocycles. The van der Waals surface area contributed by atoms with E-state index in [1.54, 1.807) is 12.1 Å². The van der Waals surface area contributed by atoms with Gasteiger partial charge in [0, 0.05) is 11.4 Å². The highest BCUT2D eigenvalue weighted by atomic mass is 32.2. The van der Waals surface area contributed by atoms with Crippen LogP contribution in [0.3, 0.4) is 0 Å². The Morgan fingerprint density at radius 1 is 1.00 bits per heavy atom. The molecule has 0 spiro atoms. The molecule has 4 rings (SSSR count). The van der Waals surface area contributed by atoms with Gasteiger partial charge >= 0.3 is 0 Å². The number of anilines is 1. The van der Waals surface area contributed by atoms with E-state index in [0.717, 1.165) is 22.7 Å². The van der Waals surface area contributed by atoms with Gasteiger partial charge in [-0.1, -0.05) is 35.5 Å².